The molecule has 0 saturated heterocycles. The second-order valence-corrected chi connectivity index (χ2v) is 6.44. The normalized spacial score (nSPS) is 14.1. The first-order valence-corrected chi connectivity index (χ1v) is 8.99. The number of aliphatic imine (C=N–C) groups is 1. The molecule has 0 atom stereocenters. The van der Waals surface area contributed by atoms with E-state index in [4.69, 9.17) is 4.74 Å². The maximum atomic E-state index is 11.6. The molecule has 138 valence electrons. The molecule has 1 saturated carbocycles. The van der Waals surface area contributed by atoms with Crippen molar-refractivity contribution < 1.29 is 9.53 Å². The minimum absolute atomic E-state index is 0.152. The Morgan fingerprint density at radius 1 is 1.28 bits per heavy atom. The lowest BCUT2D eigenvalue weighted by Gasteiger charge is -2.13. The van der Waals surface area contributed by atoms with Gasteiger partial charge in [-0.05, 0) is 44.2 Å². The lowest BCUT2D eigenvalue weighted by molar-refractivity contribution is -0.121. The van der Waals surface area contributed by atoms with Gasteiger partial charge in [-0.3, -0.25) is 9.79 Å². The van der Waals surface area contributed by atoms with Crippen molar-refractivity contribution in [2.45, 2.75) is 45.1 Å². The monoisotopic (exact) mass is 346 g/mol. The molecular formula is C19H30N4O2. The summed E-state index contributed by atoms with van der Waals surface area (Å²) < 4.78 is 5.41. The zero-order chi connectivity index (χ0) is 18.1. The fraction of sp³-hybridized carbons (Fsp3) is 0.579. The summed E-state index contributed by atoms with van der Waals surface area (Å²) in [5, 5.41) is 9.55. The van der Waals surface area contributed by atoms with Crippen molar-refractivity contribution >= 4 is 11.9 Å². The third-order valence-corrected chi connectivity index (χ3v) is 4.16. The molecule has 1 aromatic rings. The van der Waals surface area contributed by atoms with Crippen LogP contribution in [0.15, 0.2) is 23.2 Å². The lowest BCUT2D eigenvalue weighted by Crippen LogP contribution is -2.39. The number of aryl methyl sites for hydroxylation is 1. The van der Waals surface area contributed by atoms with Crippen LogP contribution in [0.25, 0.3) is 0 Å². The molecule has 0 spiro atoms. The Labute approximate surface area is 150 Å². The van der Waals surface area contributed by atoms with Crippen LogP contribution in [0.3, 0.4) is 0 Å². The third-order valence-electron chi connectivity index (χ3n) is 4.16. The summed E-state index contributed by atoms with van der Waals surface area (Å²) in [6.07, 6.45) is 4.47. The number of carbonyl (C=O) groups is 1. The summed E-state index contributed by atoms with van der Waals surface area (Å²) in [7, 11) is 3.45. The van der Waals surface area contributed by atoms with E-state index >= 15 is 0 Å². The fourth-order valence-corrected chi connectivity index (χ4v) is 2.62. The van der Waals surface area contributed by atoms with E-state index in [1.807, 2.05) is 6.07 Å². The standard InChI is InChI=1S/C19H30N4O2/c1-14-6-9-17(25-3)15(13-14)10-12-22-19(20-2)21-11-4-5-18(24)23-16-7-8-16/h6,9,13,16H,4-5,7-8,10-12H2,1-3H3,(H,23,24)(H2,20,21,22). The van der Waals surface area contributed by atoms with Crippen molar-refractivity contribution in [1.82, 2.24) is 16.0 Å². The van der Waals surface area contributed by atoms with Crippen molar-refractivity contribution in [1.29, 1.82) is 0 Å². The largest absolute Gasteiger partial charge is 0.496 e. The van der Waals surface area contributed by atoms with Crippen LogP contribution in [0.4, 0.5) is 0 Å². The molecule has 3 N–H and O–H groups in total. The zero-order valence-electron chi connectivity index (χ0n) is 15.5. The summed E-state index contributed by atoms with van der Waals surface area (Å²) in [4.78, 5) is 15.8. The number of nitrogens with zero attached hydrogens (tertiary/aromatic N) is 1. The van der Waals surface area contributed by atoms with Gasteiger partial charge in [0.15, 0.2) is 5.96 Å². The molecule has 0 aliphatic heterocycles. The van der Waals surface area contributed by atoms with Crippen LogP contribution < -0.4 is 20.7 Å². The predicted octanol–water partition coefficient (Wildman–Crippen LogP) is 1.77. The van der Waals surface area contributed by atoms with Gasteiger partial charge in [-0.25, -0.2) is 0 Å². The Kier molecular flexibility index (Phi) is 7.57. The smallest absolute Gasteiger partial charge is 0.220 e. The van der Waals surface area contributed by atoms with E-state index in [1.165, 1.54) is 11.1 Å². The minimum atomic E-state index is 0.152. The summed E-state index contributed by atoms with van der Waals surface area (Å²) in [5.41, 5.74) is 2.41. The second-order valence-electron chi connectivity index (χ2n) is 6.44. The highest BCUT2D eigenvalue weighted by molar-refractivity contribution is 5.80. The minimum Gasteiger partial charge on any atom is -0.496 e. The molecule has 2 rings (SSSR count). The molecule has 1 aliphatic rings. The van der Waals surface area contributed by atoms with E-state index in [0.29, 0.717) is 12.5 Å². The fourth-order valence-electron chi connectivity index (χ4n) is 2.62. The third kappa shape index (κ3) is 7.03. The van der Waals surface area contributed by atoms with Gasteiger partial charge < -0.3 is 20.7 Å². The number of hydrogen-bond donors (Lipinski definition) is 3. The van der Waals surface area contributed by atoms with Crippen molar-refractivity contribution in [3.8, 4) is 5.75 Å². The quantitative estimate of drug-likeness (QED) is 0.362. The maximum absolute atomic E-state index is 11.6. The molecule has 0 radical (unpaired) electrons. The van der Waals surface area contributed by atoms with Crippen molar-refractivity contribution in [2.75, 3.05) is 27.2 Å². The Hall–Kier alpha value is -2.24. The zero-order valence-corrected chi connectivity index (χ0v) is 15.5. The summed E-state index contributed by atoms with van der Waals surface area (Å²) >= 11 is 0. The topological polar surface area (TPSA) is 74.8 Å². The molecular weight excluding hydrogens is 316 g/mol. The first-order valence-electron chi connectivity index (χ1n) is 8.99. The lowest BCUT2D eigenvalue weighted by atomic mass is 10.1. The number of carbonyl (C=O) groups excluding carboxylic acids is 1. The van der Waals surface area contributed by atoms with E-state index in [0.717, 1.165) is 50.5 Å². The van der Waals surface area contributed by atoms with E-state index in [-0.39, 0.29) is 5.91 Å². The number of hydrogen-bond acceptors (Lipinski definition) is 3. The average molecular weight is 346 g/mol. The van der Waals surface area contributed by atoms with Crippen LogP contribution in [-0.4, -0.2) is 45.2 Å². The van der Waals surface area contributed by atoms with Gasteiger partial charge in [0.25, 0.3) is 0 Å². The number of amides is 1. The SMILES string of the molecule is CN=C(NCCCC(=O)NC1CC1)NCCc1cc(C)ccc1OC. The van der Waals surface area contributed by atoms with E-state index < -0.39 is 0 Å². The summed E-state index contributed by atoms with van der Waals surface area (Å²) in [6, 6.07) is 6.64. The van der Waals surface area contributed by atoms with Crippen molar-refractivity contribution in [3.05, 3.63) is 29.3 Å². The first-order chi connectivity index (χ1) is 12.1. The van der Waals surface area contributed by atoms with Gasteiger partial charge in [-0.1, -0.05) is 17.7 Å². The van der Waals surface area contributed by atoms with Gasteiger partial charge >= 0.3 is 0 Å². The number of methoxy groups -OCH3 is 1. The maximum Gasteiger partial charge on any atom is 0.220 e. The van der Waals surface area contributed by atoms with Crippen LogP contribution in [0.1, 0.15) is 36.8 Å². The highest BCUT2D eigenvalue weighted by Crippen LogP contribution is 2.20. The van der Waals surface area contributed by atoms with E-state index in [9.17, 15) is 4.79 Å². The molecule has 1 fully saturated rings. The van der Waals surface area contributed by atoms with Gasteiger partial charge in [-0.2, -0.15) is 0 Å². The van der Waals surface area contributed by atoms with Gasteiger partial charge in [0.1, 0.15) is 5.75 Å². The molecule has 0 heterocycles. The first kappa shape index (κ1) is 19.1. The van der Waals surface area contributed by atoms with Gasteiger partial charge in [0.05, 0.1) is 7.11 Å². The van der Waals surface area contributed by atoms with Crippen LogP contribution in [0.5, 0.6) is 5.75 Å². The summed E-state index contributed by atoms with van der Waals surface area (Å²) in [6.45, 7) is 3.57. The number of ether oxygens (including phenoxy) is 1. The highest BCUT2D eigenvalue weighted by atomic mass is 16.5. The number of nitrogens with one attached hydrogen (secondary N) is 3. The Balaban J connectivity index is 1.64. The highest BCUT2D eigenvalue weighted by Gasteiger charge is 2.22. The van der Waals surface area contributed by atoms with Crippen molar-refractivity contribution in [2.24, 2.45) is 4.99 Å². The molecule has 0 unspecified atom stereocenters. The van der Waals surface area contributed by atoms with E-state index in [2.05, 4.69) is 40.0 Å². The molecule has 0 aromatic heterocycles. The Morgan fingerprint density at radius 3 is 2.72 bits per heavy atom. The molecule has 6 nitrogen and oxygen atoms in total. The van der Waals surface area contributed by atoms with Crippen LogP contribution in [0.2, 0.25) is 0 Å². The second kappa shape index (κ2) is 9.91. The molecule has 1 aromatic carbocycles. The molecule has 6 heteroatoms. The number of guanidine groups is 1. The molecule has 1 aliphatic carbocycles. The predicted molar refractivity (Wildman–Crippen MR) is 101 cm³/mol. The van der Waals surface area contributed by atoms with Crippen LogP contribution in [0, 0.1) is 6.92 Å². The molecule has 25 heavy (non-hydrogen) atoms. The number of benzene rings is 1. The molecule has 1 amide bonds. The van der Waals surface area contributed by atoms with Crippen molar-refractivity contribution in [3.63, 3.8) is 0 Å². The average Bonchev–Trinajstić information content (AvgIpc) is 3.41. The Bertz CT molecular complexity index is 597. The van der Waals surface area contributed by atoms with Crippen LogP contribution in [-0.2, 0) is 11.2 Å². The summed E-state index contributed by atoms with van der Waals surface area (Å²) in [5.74, 6) is 1.82. The Morgan fingerprint density at radius 2 is 2.04 bits per heavy atom. The van der Waals surface area contributed by atoms with Gasteiger partial charge in [-0.15, -0.1) is 0 Å². The van der Waals surface area contributed by atoms with Gasteiger partial charge in [0, 0.05) is 32.6 Å². The van der Waals surface area contributed by atoms with E-state index in [1.54, 1.807) is 14.2 Å². The molecule has 0 bridgehead atoms. The van der Waals surface area contributed by atoms with Crippen LogP contribution >= 0.6 is 0 Å². The van der Waals surface area contributed by atoms with Gasteiger partial charge in [0.2, 0.25) is 5.91 Å². The number of rotatable bonds is 9.